The zero-order chi connectivity index (χ0) is 10.1. The molecule has 0 aromatic heterocycles. The van der Waals surface area contributed by atoms with Crippen molar-refractivity contribution in [3.8, 4) is 0 Å². The summed E-state index contributed by atoms with van der Waals surface area (Å²) in [7, 11) is 0. The van der Waals surface area contributed by atoms with Crippen molar-refractivity contribution in [2.24, 2.45) is 0 Å². The summed E-state index contributed by atoms with van der Waals surface area (Å²) in [5, 5.41) is 9.59. The Hall–Kier alpha value is -0.600. The maximum absolute atomic E-state index is 9.59. The van der Waals surface area contributed by atoms with Crippen LogP contribution in [0.15, 0.2) is 18.4 Å². The lowest BCUT2D eigenvalue weighted by Crippen LogP contribution is -2.32. The maximum Gasteiger partial charge on any atom is 0.163 e. The highest BCUT2D eigenvalue weighted by molar-refractivity contribution is 4.95. The van der Waals surface area contributed by atoms with Crippen molar-refractivity contribution in [3.05, 3.63) is 18.4 Å². The molecule has 1 heterocycles. The highest BCUT2D eigenvalue weighted by Gasteiger charge is 2.41. The molecule has 3 heteroatoms. The van der Waals surface area contributed by atoms with Crippen LogP contribution in [0, 0.1) is 0 Å². The molecule has 1 aliphatic rings. The summed E-state index contributed by atoms with van der Waals surface area (Å²) < 4.78 is 11.0. The molecule has 3 atom stereocenters. The Kier molecular flexibility index (Phi) is 2.94. The van der Waals surface area contributed by atoms with Gasteiger partial charge in [-0.3, -0.25) is 0 Å². The minimum absolute atomic E-state index is 0.116. The van der Waals surface area contributed by atoms with Gasteiger partial charge < -0.3 is 14.6 Å². The van der Waals surface area contributed by atoms with Gasteiger partial charge in [0.2, 0.25) is 0 Å². The van der Waals surface area contributed by atoms with Gasteiger partial charge in [0.05, 0.1) is 6.10 Å². The third-order valence-electron chi connectivity index (χ3n) is 1.98. The molecule has 1 aliphatic heterocycles. The third kappa shape index (κ3) is 2.42. The van der Waals surface area contributed by atoms with Crippen LogP contribution in [0.3, 0.4) is 0 Å². The third-order valence-corrected chi connectivity index (χ3v) is 1.98. The average Bonchev–Trinajstić information content (AvgIpc) is 2.25. The fraction of sp³-hybridized carbons (Fsp3) is 0.700. The number of hydrogen-bond acceptors (Lipinski definition) is 3. The van der Waals surface area contributed by atoms with Crippen LogP contribution >= 0.6 is 0 Å². The van der Waals surface area contributed by atoms with Gasteiger partial charge in [0.25, 0.3) is 0 Å². The first kappa shape index (κ1) is 10.5. The zero-order valence-electron chi connectivity index (χ0n) is 8.28. The van der Waals surface area contributed by atoms with Crippen LogP contribution in [0.1, 0.15) is 20.8 Å². The van der Waals surface area contributed by atoms with E-state index in [9.17, 15) is 5.11 Å². The van der Waals surface area contributed by atoms with Gasteiger partial charge in [0.1, 0.15) is 12.2 Å². The normalized spacial score (nSPS) is 33.8. The predicted molar refractivity (Wildman–Crippen MR) is 49.2 cm³/mol. The molecule has 1 rings (SSSR count). The SMILES string of the molecule is C=C=CC(O)C1OC(C)(C)OC1C. The van der Waals surface area contributed by atoms with E-state index in [4.69, 9.17) is 9.47 Å². The predicted octanol–water partition coefficient (Wildman–Crippen LogP) is 1.23. The van der Waals surface area contributed by atoms with Crippen molar-refractivity contribution >= 4 is 0 Å². The topological polar surface area (TPSA) is 38.7 Å². The summed E-state index contributed by atoms with van der Waals surface area (Å²) in [6, 6.07) is 0. The zero-order valence-corrected chi connectivity index (χ0v) is 8.28. The fourth-order valence-electron chi connectivity index (χ4n) is 1.53. The Labute approximate surface area is 78.7 Å². The Morgan fingerprint density at radius 1 is 1.54 bits per heavy atom. The molecule has 0 amide bonds. The molecule has 0 saturated carbocycles. The van der Waals surface area contributed by atoms with E-state index in [1.165, 1.54) is 6.08 Å². The van der Waals surface area contributed by atoms with Crippen LogP contribution in [-0.2, 0) is 9.47 Å². The smallest absolute Gasteiger partial charge is 0.163 e. The molecule has 0 aromatic carbocycles. The van der Waals surface area contributed by atoms with E-state index in [1.807, 2.05) is 20.8 Å². The quantitative estimate of drug-likeness (QED) is 0.656. The van der Waals surface area contributed by atoms with Crippen molar-refractivity contribution < 1.29 is 14.6 Å². The number of hydrogen-bond donors (Lipinski definition) is 1. The Balaban J connectivity index is 2.67. The largest absolute Gasteiger partial charge is 0.386 e. The minimum Gasteiger partial charge on any atom is -0.386 e. The molecule has 0 aromatic rings. The number of rotatable bonds is 2. The summed E-state index contributed by atoms with van der Waals surface area (Å²) >= 11 is 0. The van der Waals surface area contributed by atoms with E-state index >= 15 is 0 Å². The molecule has 3 unspecified atom stereocenters. The second-order valence-corrected chi connectivity index (χ2v) is 3.67. The monoisotopic (exact) mass is 184 g/mol. The second kappa shape index (κ2) is 3.64. The summed E-state index contributed by atoms with van der Waals surface area (Å²) in [4.78, 5) is 0. The molecule has 1 saturated heterocycles. The first-order valence-electron chi connectivity index (χ1n) is 4.36. The number of aliphatic hydroxyl groups is 1. The number of ether oxygens (including phenoxy) is 2. The molecule has 0 bridgehead atoms. The summed E-state index contributed by atoms with van der Waals surface area (Å²) in [5.74, 6) is -0.611. The molecule has 0 radical (unpaired) electrons. The van der Waals surface area contributed by atoms with Crippen LogP contribution in [0.5, 0.6) is 0 Å². The van der Waals surface area contributed by atoms with E-state index < -0.39 is 11.9 Å². The second-order valence-electron chi connectivity index (χ2n) is 3.67. The molecule has 1 N–H and O–H groups in total. The van der Waals surface area contributed by atoms with Crippen molar-refractivity contribution in [1.29, 1.82) is 0 Å². The summed E-state index contributed by atoms with van der Waals surface area (Å²) in [6.45, 7) is 8.93. The van der Waals surface area contributed by atoms with Crippen LogP contribution in [0.25, 0.3) is 0 Å². The molecule has 13 heavy (non-hydrogen) atoms. The van der Waals surface area contributed by atoms with E-state index in [-0.39, 0.29) is 12.2 Å². The molecular formula is C10H16O3. The lowest BCUT2D eigenvalue weighted by atomic mass is 10.1. The standard InChI is InChI=1S/C10H16O3/c1-5-6-8(11)9-7(2)12-10(3,4)13-9/h6-9,11H,1H2,2-4H3. The summed E-state index contributed by atoms with van der Waals surface area (Å²) in [6.07, 6.45) is 0.333. The maximum atomic E-state index is 9.59. The van der Waals surface area contributed by atoms with Crippen molar-refractivity contribution in [2.75, 3.05) is 0 Å². The van der Waals surface area contributed by atoms with Gasteiger partial charge in [-0.15, -0.1) is 5.73 Å². The van der Waals surface area contributed by atoms with Crippen LogP contribution in [0.2, 0.25) is 0 Å². The van der Waals surface area contributed by atoms with Crippen molar-refractivity contribution in [3.63, 3.8) is 0 Å². The van der Waals surface area contributed by atoms with Crippen molar-refractivity contribution in [1.82, 2.24) is 0 Å². The van der Waals surface area contributed by atoms with Crippen LogP contribution < -0.4 is 0 Å². The van der Waals surface area contributed by atoms with Crippen LogP contribution in [-0.4, -0.2) is 29.2 Å². The van der Waals surface area contributed by atoms with E-state index in [2.05, 4.69) is 12.3 Å². The molecule has 74 valence electrons. The highest BCUT2D eigenvalue weighted by Crippen LogP contribution is 2.29. The molecule has 0 spiro atoms. The molecule has 3 nitrogen and oxygen atoms in total. The van der Waals surface area contributed by atoms with Gasteiger partial charge in [0, 0.05) is 0 Å². The van der Waals surface area contributed by atoms with Gasteiger partial charge in [-0.05, 0) is 26.8 Å². The van der Waals surface area contributed by atoms with Gasteiger partial charge in [-0.2, -0.15) is 0 Å². The minimum atomic E-state index is -0.700. The Morgan fingerprint density at radius 2 is 2.15 bits per heavy atom. The van der Waals surface area contributed by atoms with Crippen molar-refractivity contribution in [2.45, 2.75) is 44.9 Å². The molecular weight excluding hydrogens is 168 g/mol. The van der Waals surface area contributed by atoms with E-state index in [0.29, 0.717) is 0 Å². The Bertz CT molecular complexity index is 228. The highest BCUT2D eigenvalue weighted by atomic mass is 16.8. The van der Waals surface area contributed by atoms with E-state index in [1.54, 1.807) is 0 Å². The first-order chi connectivity index (χ1) is 5.96. The van der Waals surface area contributed by atoms with E-state index in [0.717, 1.165) is 0 Å². The molecule has 1 fully saturated rings. The van der Waals surface area contributed by atoms with Gasteiger partial charge in [-0.25, -0.2) is 0 Å². The van der Waals surface area contributed by atoms with Crippen LogP contribution in [0.4, 0.5) is 0 Å². The van der Waals surface area contributed by atoms with Gasteiger partial charge in [-0.1, -0.05) is 6.58 Å². The lowest BCUT2D eigenvalue weighted by Gasteiger charge is -2.18. The van der Waals surface area contributed by atoms with Gasteiger partial charge in [0.15, 0.2) is 5.79 Å². The van der Waals surface area contributed by atoms with Gasteiger partial charge >= 0.3 is 0 Å². The Morgan fingerprint density at radius 3 is 2.54 bits per heavy atom. The molecule has 0 aliphatic carbocycles. The lowest BCUT2D eigenvalue weighted by molar-refractivity contribution is -0.151. The first-order valence-corrected chi connectivity index (χ1v) is 4.36. The average molecular weight is 184 g/mol. The number of aliphatic hydroxyl groups excluding tert-OH is 1. The fourth-order valence-corrected chi connectivity index (χ4v) is 1.53. The summed E-state index contributed by atoms with van der Waals surface area (Å²) in [5.41, 5.74) is 2.53.